The maximum atomic E-state index is 12.2. The predicted octanol–water partition coefficient (Wildman–Crippen LogP) is 1.17. The molecular weight excluding hydrogens is 326 g/mol. The van der Waals surface area contributed by atoms with E-state index in [1.54, 1.807) is 14.1 Å². The van der Waals surface area contributed by atoms with Crippen LogP contribution < -0.4 is 9.46 Å². The molecule has 1 aliphatic heterocycles. The Kier molecular flexibility index (Phi) is 5.44. The number of hydrogen-bond donors (Lipinski definition) is 1. The largest absolute Gasteiger partial charge is 0.492 e. The van der Waals surface area contributed by atoms with Gasteiger partial charge in [0.2, 0.25) is 0 Å². The molecule has 1 aromatic carbocycles. The summed E-state index contributed by atoms with van der Waals surface area (Å²) < 4.78 is 34.2. The maximum absolute atomic E-state index is 12.2. The Labute approximate surface area is 145 Å². The van der Waals surface area contributed by atoms with E-state index in [4.69, 9.17) is 4.74 Å². The van der Waals surface area contributed by atoms with E-state index in [0.29, 0.717) is 18.4 Å². The van der Waals surface area contributed by atoms with Gasteiger partial charge in [0, 0.05) is 39.8 Å². The number of nitrogens with one attached hydrogen (secondary N) is 1. The van der Waals surface area contributed by atoms with E-state index in [-0.39, 0.29) is 6.04 Å². The first kappa shape index (κ1) is 17.7. The molecule has 0 bridgehead atoms. The molecule has 24 heavy (non-hydrogen) atoms. The van der Waals surface area contributed by atoms with Crippen LogP contribution in [-0.2, 0) is 10.2 Å². The summed E-state index contributed by atoms with van der Waals surface area (Å²) in [5, 5.41) is 0. The van der Waals surface area contributed by atoms with Crippen LogP contribution in [0.1, 0.15) is 12.8 Å². The maximum Gasteiger partial charge on any atom is 0.279 e. The van der Waals surface area contributed by atoms with Gasteiger partial charge in [-0.15, -0.1) is 0 Å². The molecule has 1 aromatic rings. The van der Waals surface area contributed by atoms with Gasteiger partial charge in [-0.3, -0.25) is 4.90 Å². The standard InChI is InChI=1S/C17H27N3O3S/c1-19(2)24(21,22)18-17-13-20(12-16(17)14-8-9-14)10-11-23-15-6-4-3-5-7-15/h3-7,14,16-18H,8-13H2,1-2H3/t16-,17+/m1/s1. The number of hydrogen-bond acceptors (Lipinski definition) is 4. The minimum atomic E-state index is -3.38. The van der Waals surface area contributed by atoms with Crippen LogP contribution in [-0.4, -0.2) is 64.0 Å². The topological polar surface area (TPSA) is 61.9 Å². The fraction of sp³-hybridized carbons (Fsp3) is 0.647. The fourth-order valence-electron chi connectivity index (χ4n) is 3.33. The normalized spacial score (nSPS) is 25.3. The summed E-state index contributed by atoms with van der Waals surface area (Å²) in [5.41, 5.74) is 0. The molecule has 134 valence electrons. The van der Waals surface area contributed by atoms with Crippen LogP contribution >= 0.6 is 0 Å². The molecule has 1 heterocycles. The zero-order chi connectivity index (χ0) is 17.2. The second-order valence-corrected chi connectivity index (χ2v) is 8.85. The first-order valence-corrected chi connectivity index (χ1v) is 10.00. The lowest BCUT2D eigenvalue weighted by atomic mass is 9.99. The molecule has 1 saturated carbocycles. The number of ether oxygens (including phenoxy) is 1. The first-order chi connectivity index (χ1) is 11.5. The van der Waals surface area contributed by atoms with Gasteiger partial charge < -0.3 is 4.74 Å². The third kappa shape index (κ3) is 4.47. The van der Waals surface area contributed by atoms with Crippen molar-refractivity contribution in [3.63, 3.8) is 0 Å². The summed E-state index contributed by atoms with van der Waals surface area (Å²) in [5.74, 6) is 1.96. The average molecular weight is 353 g/mol. The molecule has 0 unspecified atom stereocenters. The van der Waals surface area contributed by atoms with Gasteiger partial charge in [-0.2, -0.15) is 17.4 Å². The summed E-state index contributed by atoms with van der Waals surface area (Å²) in [6.07, 6.45) is 2.44. The van der Waals surface area contributed by atoms with Gasteiger partial charge in [0.15, 0.2) is 0 Å². The quantitative estimate of drug-likeness (QED) is 0.762. The van der Waals surface area contributed by atoms with Gasteiger partial charge in [0.1, 0.15) is 12.4 Å². The lowest BCUT2D eigenvalue weighted by Gasteiger charge is -2.21. The Morgan fingerprint density at radius 1 is 1.21 bits per heavy atom. The Bertz CT molecular complexity index is 632. The number of benzene rings is 1. The molecule has 7 heteroatoms. The van der Waals surface area contributed by atoms with Crippen molar-refractivity contribution in [1.29, 1.82) is 0 Å². The molecule has 6 nitrogen and oxygen atoms in total. The zero-order valence-corrected chi connectivity index (χ0v) is 15.2. The highest BCUT2D eigenvalue weighted by molar-refractivity contribution is 7.87. The van der Waals surface area contributed by atoms with Crippen LogP contribution in [0.2, 0.25) is 0 Å². The lowest BCUT2D eigenvalue weighted by Crippen LogP contribution is -2.46. The van der Waals surface area contributed by atoms with Crippen molar-refractivity contribution in [2.45, 2.75) is 18.9 Å². The first-order valence-electron chi connectivity index (χ1n) is 8.55. The number of rotatable bonds is 8. The Morgan fingerprint density at radius 3 is 2.54 bits per heavy atom. The van der Waals surface area contributed by atoms with Crippen LogP contribution in [0.4, 0.5) is 0 Å². The molecule has 2 atom stereocenters. The highest BCUT2D eigenvalue weighted by atomic mass is 32.2. The molecule has 3 rings (SSSR count). The smallest absolute Gasteiger partial charge is 0.279 e. The van der Waals surface area contributed by atoms with E-state index in [9.17, 15) is 8.42 Å². The van der Waals surface area contributed by atoms with Crippen LogP contribution in [0, 0.1) is 11.8 Å². The van der Waals surface area contributed by atoms with Crippen molar-refractivity contribution in [2.75, 3.05) is 40.3 Å². The van der Waals surface area contributed by atoms with E-state index in [0.717, 1.165) is 25.4 Å². The molecule has 0 amide bonds. The van der Waals surface area contributed by atoms with Crippen molar-refractivity contribution in [1.82, 2.24) is 13.9 Å². The minimum absolute atomic E-state index is 0.00150. The second kappa shape index (κ2) is 7.39. The summed E-state index contributed by atoms with van der Waals surface area (Å²) in [6.45, 7) is 3.14. The van der Waals surface area contributed by atoms with Gasteiger partial charge in [0.05, 0.1) is 0 Å². The lowest BCUT2D eigenvalue weighted by molar-refractivity contribution is 0.230. The molecular formula is C17H27N3O3S. The van der Waals surface area contributed by atoms with Crippen molar-refractivity contribution in [2.24, 2.45) is 11.8 Å². The van der Waals surface area contributed by atoms with Crippen molar-refractivity contribution in [3.05, 3.63) is 30.3 Å². The number of nitrogens with zero attached hydrogens (tertiary/aromatic N) is 2. The van der Waals surface area contributed by atoms with E-state index < -0.39 is 10.2 Å². The summed E-state index contributed by atoms with van der Waals surface area (Å²) >= 11 is 0. The number of para-hydroxylation sites is 1. The van der Waals surface area contributed by atoms with Crippen molar-refractivity contribution in [3.8, 4) is 5.75 Å². The van der Waals surface area contributed by atoms with E-state index >= 15 is 0 Å². The Balaban J connectivity index is 1.53. The van der Waals surface area contributed by atoms with Gasteiger partial charge in [-0.1, -0.05) is 18.2 Å². The molecule has 1 N–H and O–H groups in total. The SMILES string of the molecule is CN(C)S(=O)(=O)N[C@H]1CN(CCOc2ccccc2)C[C@@H]1C1CC1. The molecule has 0 aromatic heterocycles. The van der Waals surface area contributed by atoms with Crippen LogP contribution in [0.5, 0.6) is 5.75 Å². The monoisotopic (exact) mass is 353 g/mol. The van der Waals surface area contributed by atoms with Gasteiger partial charge in [-0.25, -0.2) is 0 Å². The fourth-order valence-corrected chi connectivity index (χ4v) is 4.17. The highest BCUT2D eigenvalue weighted by Gasteiger charge is 2.43. The van der Waals surface area contributed by atoms with E-state index in [2.05, 4.69) is 9.62 Å². The Hall–Kier alpha value is -1.15. The molecule has 0 spiro atoms. The Morgan fingerprint density at radius 2 is 1.92 bits per heavy atom. The van der Waals surface area contributed by atoms with Gasteiger partial charge in [-0.05, 0) is 36.8 Å². The average Bonchev–Trinajstić information content (AvgIpc) is 3.31. The van der Waals surface area contributed by atoms with E-state index in [1.807, 2.05) is 30.3 Å². The van der Waals surface area contributed by atoms with Crippen LogP contribution in [0.25, 0.3) is 0 Å². The predicted molar refractivity (Wildman–Crippen MR) is 94.1 cm³/mol. The third-order valence-corrected chi connectivity index (χ3v) is 6.43. The van der Waals surface area contributed by atoms with Crippen molar-refractivity contribution >= 4 is 10.2 Å². The van der Waals surface area contributed by atoms with Crippen molar-refractivity contribution < 1.29 is 13.2 Å². The molecule has 1 aliphatic carbocycles. The zero-order valence-electron chi connectivity index (χ0n) is 14.4. The van der Waals surface area contributed by atoms with E-state index in [1.165, 1.54) is 17.1 Å². The molecule has 1 saturated heterocycles. The summed E-state index contributed by atoms with van der Waals surface area (Å²) in [7, 11) is -0.253. The highest BCUT2D eigenvalue weighted by Crippen LogP contribution is 2.41. The van der Waals surface area contributed by atoms with Gasteiger partial charge in [0.25, 0.3) is 10.2 Å². The number of likely N-dealkylation sites (tertiary alicyclic amines) is 1. The van der Waals surface area contributed by atoms with Crippen LogP contribution in [0.3, 0.4) is 0 Å². The van der Waals surface area contributed by atoms with Gasteiger partial charge >= 0.3 is 0 Å². The summed E-state index contributed by atoms with van der Waals surface area (Å²) in [6, 6.07) is 9.78. The summed E-state index contributed by atoms with van der Waals surface area (Å²) in [4.78, 5) is 2.31. The molecule has 2 fully saturated rings. The molecule has 2 aliphatic rings. The second-order valence-electron chi connectivity index (χ2n) is 6.93. The van der Waals surface area contributed by atoms with Crippen LogP contribution in [0.15, 0.2) is 30.3 Å². The molecule has 0 radical (unpaired) electrons. The third-order valence-electron chi connectivity index (χ3n) is 4.87. The minimum Gasteiger partial charge on any atom is -0.492 e.